The van der Waals surface area contributed by atoms with Gasteiger partial charge in [0.2, 0.25) is 0 Å². The molecule has 0 saturated heterocycles. The highest BCUT2D eigenvalue weighted by Gasteiger charge is 2.13. The van der Waals surface area contributed by atoms with Gasteiger partial charge in [0.05, 0.1) is 6.54 Å². The molecule has 0 radical (unpaired) electrons. The molecule has 1 rings (SSSR count). The van der Waals surface area contributed by atoms with Crippen molar-refractivity contribution in [2.24, 2.45) is 0 Å². The third-order valence-electron chi connectivity index (χ3n) is 1.76. The van der Waals surface area contributed by atoms with E-state index in [0.717, 1.165) is 9.35 Å². The van der Waals surface area contributed by atoms with Gasteiger partial charge in [0.15, 0.2) is 0 Å². The number of aliphatic carboxylic acids is 1. The van der Waals surface area contributed by atoms with Crippen molar-refractivity contribution in [3.63, 3.8) is 0 Å². The predicted octanol–water partition coefficient (Wildman–Crippen LogP) is 1.78. The lowest BCUT2D eigenvalue weighted by atomic mass is 10.3. The van der Waals surface area contributed by atoms with Crippen LogP contribution in [0.3, 0.4) is 0 Å². The molecule has 0 aromatic carbocycles. The van der Waals surface area contributed by atoms with Crippen molar-refractivity contribution in [1.82, 2.24) is 10.6 Å². The smallest absolute Gasteiger partial charge is 0.325 e. The van der Waals surface area contributed by atoms with E-state index in [-0.39, 0.29) is 0 Å². The van der Waals surface area contributed by atoms with Crippen LogP contribution in [0.4, 0.5) is 4.79 Å². The summed E-state index contributed by atoms with van der Waals surface area (Å²) >= 11 is 4.81. The first kappa shape index (κ1) is 13.0. The molecule has 0 unspecified atom stereocenters. The highest BCUT2D eigenvalue weighted by molar-refractivity contribution is 9.10. The van der Waals surface area contributed by atoms with Crippen LogP contribution in [0.2, 0.25) is 0 Å². The molecular formula is C9H11BrN2O3S. The third-order valence-corrected chi connectivity index (χ3v) is 3.46. The Morgan fingerprint density at radius 3 is 2.81 bits per heavy atom. The van der Waals surface area contributed by atoms with Crippen molar-refractivity contribution < 1.29 is 14.7 Å². The number of hydrogen-bond acceptors (Lipinski definition) is 3. The molecule has 0 aliphatic carbocycles. The molecule has 7 heteroatoms. The minimum atomic E-state index is -1.06. The minimum Gasteiger partial charge on any atom is -0.480 e. The number of amides is 2. The van der Waals surface area contributed by atoms with Gasteiger partial charge < -0.3 is 15.7 Å². The van der Waals surface area contributed by atoms with Gasteiger partial charge in [0.25, 0.3) is 0 Å². The monoisotopic (exact) mass is 306 g/mol. The fourth-order valence-electron chi connectivity index (χ4n) is 0.923. The van der Waals surface area contributed by atoms with Crippen LogP contribution in [0.1, 0.15) is 11.8 Å². The van der Waals surface area contributed by atoms with Gasteiger partial charge in [-0.15, -0.1) is 11.3 Å². The quantitative estimate of drug-likeness (QED) is 0.793. The zero-order valence-corrected chi connectivity index (χ0v) is 10.9. The number of rotatable bonds is 4. The summed E-state index contributed by atoms with van der Waals surface area (Å²) in [5.74, 6) is -1.06. The van der Waals surface area contributed by atoms with Crippen molar-refractivity contribution in [3.05, 3.63) is 20.8 Å². The Hall–Kier alpha value is -1.08. The van der Waals surface area contributed by atoms with Gasteiger partial charge >= 0.3 is 12.0 Å². The normalized spacial score (nSPS) is 11.9. The van der Waals surface area contributed by atoms with Crippen LogP contribution in [-0.2, 0) is 11.3 Å². The van der Waals surface area contributed by atoms with E-state index >= 15 is 0 Å². The maximum absolute atomic E-state index is 11.2. The molecule has 0 bridgehead atoms. The van der Waals surface area contributed by atoms with E-state index in [0.29, 0.717) is 6.54 Å². The number of nitrogens with one attached hydrogen (secondary N) is 2. The first-order chi connectivity index (χ1) is 7.49. The molecule has 1 atom stereocenters. The van der Waals surface area contributed by atoms with Crippen molar-refractivity contribution in [1.29, 1.82) is 0 Å². The molecule has 2 amide bonds. The van der Waals surface area contributed by atoms with Crippen LogP contribution < -0.4 is 10.6 Å². The molecule has 3 N–H and O–H groups in total. The highest BCUT2D eigenvalue weighted by Crippen LogP contribution is 2.19. The van der Waals surface area contributed by atoms with E-state index in [9.17, 15) is 9.59 Å². The average Bonchev–Trinajstić information content (AvgIpc) is 2.61. The number of carboxylic acid groups (broad SMARTS) is 1. The summed E-state index contributed by atoms with van der Waals surface area (Å²) in [4.78, 5) is 22.7. The van der Waals surface area contributed by atoms with Crippen LogP contribution in [0, 0.1) is 0 Å². The number of carboxylic acids is 1. The number of hydrogen-bond donors (Lipinski definition) is 3. The second-order valence-corrected chi connectivity index (χ2v) is 5.03. The molecule has 0 spiro atoms. The van der Waals surface area contributed by atoms with Crippen LogP contribution in [0.25, 0.3) is 0 Å². The Morgan fingerprint density at radius 1 is 1.62 bits per heavy atom. The molecule has 0 aliphatic heterocycles. The number of carbonyl (C=O) groups is 2. The first-order valence-corrected chi connectivity index (χ1v) is 6.16. The average molecular weight is 307 g/mol. The maximum atomic E-state index is 11.2. The van der Waals surface area contributed by atoms with E-state index in [1.54, 1.807) is 0 Å². The molecule has 0 saturated carbocycles. The fraction of sp³-hybridized carbons (Fsp3) is 0.333. The van der Waals surface area contributed by atoms with Crippen LogP contribution >= 0.6 is 27.3 Å². The Kier molecular flexibility index (Phi) is 4.75. The molecule has 16 heavy (non-hydrogen) atoms. The molecule has 1 heterocycles. The van der Waals surface area contributed by atoms with E-state index in [4.69, 9.17) is 5.11 Å². The van der Waals surface area contributed by atoms with E-state index < -0.39 is 18.0 Å². The number of halogens is 1. The van der Waals surface area contributed by atoms with Gasteiger partial charge in [-0.05, 0) is 28.9 Å². The van der Waals surface area contributed by atoms with Crippen LogP contribution in [-0.4, -0.2) is 23.1 Å². The predicted molar refractivity (Wildman–Crippen MR) is 64.5 cm³/mol. The van der Waals surface area contributed by atoms with Gasteiger partial charge in [-0.2, -0.15) is 0 Å². The van der Waals surface area contributed by atoms with Crippen molar-refractivity contribution >= 4 is 39.3 Å². The molecule has 5 nitrogen and oxygen atoms in total. The lowest BCUT2D eigenvalue weighted by Crippen LogP contribution is -2.43. The van der Waals surface area contributed by atoms with Crippen LogP contribution in [0.15, 0.2) is 15.9 Å². The Morgan fingerprint density at radius 2 is 2.31 bits per heavy atom. The fourth-order valence-corrected chi connectivity index (χ4v) is 2.31. The molecule has 0 fully saturated rings. The molecule has 0 aliphatic rings. The van der Waals surface area contributed by atoms with E-state index in [1.807, 2.05) is 11.4 Å². The van der Waals surface area contributed by atoms with Gasteiger partial charge in [-0.1, -0.05) is 0 Å². The molecule has 1 aromatic rings. The summed E-state index contributed by atoms with van der Waals surface area (Å²) in [6.07, 6.45) is 0. The molecule has 88 valence electrons. The highest BCUT2D eigenvalue weighted by atomic mass is 79.9. The lowest BCUT2D eigenvalue weighted by molar-refractivity contribution is -0.138. The minimum absolute atomic E-state index is 0.383. The number of thiophene rings is 1. The number of carbonyl (C=O) groups excluding carboxylic acids is 1. The zero-order valence-electron chi connectivity index (χ0n) is 8.49. The van der Waals surface area contributed by atoms with Gasteiger partial charge in [0.1, 0.15) is 6.04 Å². The largest absolute Gasteiger partial charge is 0.480 e. The second kappa shape index (κ2) is 5.86. The zero-order chi connectivity index (χ0) is 12.1. The molecular weight excluding hydrogens is 296 g/mol. The van der Waals surface area contributed by atoms with E-state index in [2.05, 4.69) is 26.6 Å². The summed E-state index contributed by atoms with van der Waals surface area (Å²) in [6, 6.07) is 0.514. The summed E-state index contributed by atoms with van der Waals surface area (Å²) in [7, 11) is 0. The third kappa shape index (κ3) is 4.19. The maximum Gasteiger partial charge on any atom is 0.325 e. The number of urea groups is 1. The molecule has 1 aromatic heterocycles. The summed E-state index contributed by atoms with van der Waals surface area (Å²) < 4.78 is 0.966. The first-order valence-electron chi connectivity index (χ1n) is 4.49. The van der Waals surface area contributed by atoms with Crippen molar-refractivity contribution in [2.75, 3.05) is 0 Å². The Labute approximate surface area is 105 Å². The second-order valence-electron chi connectivity index (χ2n) is 3.12. The van der Waals surface area contributed by atoms with Gasteiger partial charge in [0, 0.05) is 14.7 Å². The Balaban J connectivity index is 2.33. The van der Waals surface area contributed by atoms with Crippen molar-refractivity contribution in [2.45, 2.75) is 19.5 Å². The summed E-state index contributed by atoms with van der Waals surface area (Å²) in [5.41, 5.74) is 0. The SMILES string of the molecule is C[C@H](NC(=O)NCc1cc(Br)cs1)C(=O)O. The standard InChI is InChI=1S/C9H11BrN2O3S/c1-5(8(13)14)12-9(15)11-3-7-2-6(10)4-16-7/h2,4-5H,3H2,1H3,(H,13,14)(H2,11,12,15)/t5-/m0/s1. The van der Waals surface area contributed by atoms with Gasteiger partial charge in [-0.25, -0.2) is 4.79 Å². The summed E-state index contributed by atoms with van der Waals surface area (Å²) in [6.45, 7) is 1.79. The van der Waals surface area contributed by atoms with Crippen molar-refractivity contribution in [3.8, 4) is 0 Å². The van der Waals surface area contributed by atoms with Gasteiger partial charge in [-0.3, -0.25) is 4.79 Å². The Bertz CT molecular complexity index is 394. The topological polar surface area (TPSA) is 78.4 Å². The van der Waals surface area contributed by atoms with E-state index in [1.165, 1.54) is 18.3 Å². The summed E-state index contributed by atoms with van der Waals surface area (Å²) in [5, 5.41) is 15.4. The van der Waals surface area contributed by atoms with Crippen LogP contribution in [0.5, 0.6) is 0 Å². The lowest BCUT2D eigenvalue weighted by Gasteiger charge is -2.09.